The van der Waals surface area contributed by atoms with Crippen LogP contribution in [0.25, 0.3) is 28.9 Å². The number of pyridine rings is 2. The molecule has 3 aromatic heterocycles. The van der Waals surface area contributed by atoms with E-state index in [-0.39, 0.29) is 5.88 Å². The van der Waals surface area contributed by atoms with Crippen LogP contribution in [0.4, 0.5) is 5.69 Å². The predicted octanol–water partition coefficient (Wildman–Crippen LogP) is 3.41. The maximum absolute atomic E-state index is 10.2. The zero-order chi connectivity index (χ0) is 18.9. The number of hydrogen-bond donors (Lipinski definition) is 2. The van der Waals surface area contributed by atoms with Gasteiger partial charge in [-0.1, -0.05) is 18.2 Å². The number of aromatic hydroxyl groups is 1. The molecule has 0 saturated carbocycles. The summed E-state index contributed by atoms with van der Waals surface area (Å²) in [5.41, 5.74) is 3.98. The summed E-state index contributed by atoms with van der Waals surface area (Å²) in [7, 11) is 0. The van der Waals surface area contributed by atoms with E-state index in [1.807, 2.05) is 60.7 Å². The second-order valence-corrected chi connectivity index (χ2v) is 6.41. The van der Waals surface area contributed by atoms with E-state index in [0.29, 0.717) is 11.2 Å². The Morgan fingerprint density at radius 3 is 2.79 bits per heavy atom. The minimum absolute atomic E-state index is 0.0995. The number of aromatic amines is 1. The van der Waals surface area contributed by atoms with E-state index in [1.165, 1.54) is 0 Å². The van der Waals surface area contributed by atoms with Gasteiger partial charge in [0.1, 0.15) is 5.65 Å². The molecule has 0 amide bonds. The summed E-state index contributed by atoms with van der Waals surface area (Å²) in [6, 6.07) is 13.6. The number of nitrogens with one attached hydrogen (secondary N) is 1. The SMILES string of the molecule is Oc1[nH]c2ncccc2c1/C=c1\ccc2c(c1)N=NC=2/C=C/c1cccnc1. The van der Waals surface area contributed by atoms with Gasteiger partial charge in [-0.25, -0.2) is 4.98 Å². The minimum atomic E-state index is 0.0995. The molecule has 0 spiro atoms. The molecule has 6 heteroatoms. The molecule has 0 radical (unpaired) electrons. The molecule has 5 rings (SSSR count). The maximum atomic E-state index is 10.2. The van der Waals surface area contributed by atoms with E-state index in [2.05, 4.69) is 25.2 Å². The molecule has 0 fully saturated rings. The first kappa shape index (κ1) is 16.1. The number of aromatic nitrogens is 3. The van der Waals surface area contributed by atoms with Crippen LogP contribution in [0.3, 0.4) is 0 Å². The summed E-state index contributed by atoms with van der Waals surface area (Å²) in [6.45, 7) is 0. The monoisotopic (exact) mass is 365 g/mol. The van der Waals surface area contributed by atoms with Crippen LogP contribution in [0.5, 0.6) is 5.88 Å². The molecular weight excluding hydrogens is 350 g/mol. The van der Waals surface area contributed by atoms with Crippen molar-refractivity contribution in [1.82, 2.24) is 15.0 Å². The van der Waals surface area contributed by atoms with Crippen molar-refractivity contribution in [3.8, 4) is 5.88 Å². The van der Waals surface area contributed by atoms with Gasteiger partial charge in [-0.05, 0) is 53.3 Å². The zero-order valence-electron chi connectivity index (χ0n) is 14.7. The maximum Gasteiger partial charge on any atom is 0.198 e. The Balaban J connectivity index is 1.56. The van der Waals surface area contributed by atoms with E-state index in [0.717, 1.165) is 32.8 Å². The van der Waals surface area contributed by atoms with Crippen LogP contribution < -0.4 is 10.4 Å². The molecule has 1 aromatic carbocycles. The number of hydrogen-bond acceptors (Lipinski definition) is 5. The fourth-order valence-corrected chi connectivity index (χ4v) is 3.21. The quantitative estimate of drug-likeness (QED) is 0.583. The van der Waals surface area contributed by atoms with Crippen LogP contribution in [0.15, 0.2) is 77.4 Å². The Morgan fingerprint density at radius 1 is 0.964 bits per heavy atom. The second-order valence-electron chi connectivity index (χ2n) is 6.41. The minimum Gasteiger partial charge on any atom is -0.494 e. The highest BCUT2D eigenvalue weighted by atomic mass is 16.3. The lowest BCUT2D eigenvalue weighted by Crippen LogP contribution is -2.08. The van der Waals surface area contributed by atoms with Gasteiger partial charge in [-0.15, -0.1) is 10.2 Å². The summed E-state index contributed by atoms with van der Waals surface area (Å²) in [6.07, 6.45) is 11.0. The van der Waals surface area contributed by atoms with Crippen molar-refractivity contribution < 1.29 is 5.11 Å². The molecule has 0 aliphatic carbocycles. The standard InChI is InChI=1S/C22H15N5O/c28-22-18(16-4-2-10-24-21(16)25-22)11-15-5-7-17-19(26-27-20(17)12-15)8-6-14-3-1-9-23-13-14/h1-13,28H,(H,24,25)/b8-6+,15-11+. The Hall–Kier alpha value is -4.06. The lowest BCUT2D eigenvalue weighted by atomic mass is 10.1. The molecule has 134 valence electrons. The summed E-state index contributed by atoms with van der Waals surface area (Å²) in [5.74, 6) is 0.0995. The van der Waals surface area contributed by atoms with E-state index in [1.54, 1.807) is 18.6 Å². The molecule has 28 heavy (non-hydrogen) atoms. The van der Waals surface area contributed by atoms with Gasteiger partial charge in [0.15, 0.2) is 5.88 Å². The van der Waals surface area contributed by atoms with Gasteiger partial charge in [0, 0.05) is 34.8 Å². The van der Waals surface area contributed by atoms with E-state index >= 15 is 0 Å². The third-order valence-electron chi connectivity index (χ3n) is 4.58. The van der Waals surface area contributed by atoms with Crippen molar-refractivity contribution in [2.24, 2.45) is 10.2 Å². The van der Waals surface area contributed by atoms with E-state index < -0.39 is 0 Å². The topological polar surface area (TPSA) is 86.5 Å². The number of H-pyrrole nitrogens is 1. The summed E-state index contributed by atoms with van der Waals surface area (Å²) in [4.78, 5) is 11.2. The van der Waals surface area contributed by atoms with Crippen molar-refractivity contribution in [3.63, 3.8) is 0 Å². The largest absolute Gasteiger partial charge is 0.494 e. The first-order valence-corrected chi connectivity index (χ1v) is 8.79. The number of azo groups is 1. The Bertz CT molecular complexity index is 1370. The second kappa shape index (κ2) is 6.59. The van der Waals surface area contributed by atoms with Gasteiger partial charge >= 0.3 is 0 Å². The van der Waals surface area contributed by atoms with Crippen LogP contribution in [-0.2, 0) is 0 Å². The first-order valence-electron chi connectivity index (χ1n) is 8.79. The lowest BCUT2D eigenvalue weighted by Gasteiger charge is -1.94. The van der Waals surface area contributed by atoms with Gasteiger partial charge in [0.05, 0.1) is 11.4 Å². The van der Waals surface area contributed by atoms with Crippen LogP contribution in [0.2, 0.25) is 0 Å². The Labute approximate surface area is 160 Å². The Morgan fingerprint density at radius 2 is 1.89 bits per heavy atom. The average Bonchev–Trinajstić information content (AvgIpc) is 3.28. The van der Waals surface area contributed by atoms with E-state index in [9.17, 15) is 5.11 Å². The fraction of sp³-hybridized carbons (Fsp3) is 0. The molecular formula is C22H15N5O. The molecule has 1 aliphatic heterocycles. The molecule has 1 aliphatic rings. The van der Waals surface area contributed by atoms with Gasteiger partial charge in [0.2, 0.25) is 0 Å². The molecule has 0 atom stereocenters. The highest BCUT2D eigenvalue weighted by Crippen LogP contribution is 2.26. The van der Waals surface area contributed by atoms with Gasteiger partial charge in [-0.2, -0.15) is 0 Å². The zero-order valence-corrected chi connectivity index (χ0v) is 14.7. The van der Waals surface area contributed by atoms with Crippen LogP contribution in [0, 0.1) is 0 Å². The van der Waals surface area contributed by atoms with Crippen LogP contribution in [0.1, 0.15) is 11.1 Å². The first-order chi connectivity index (χ1) is 13.8. The summed E-state index contributed by atoms with van der Waals surface area (Å²) in [5, 5.41) is 21.6. The average molecular weight is 365 g/mol. The van der Waals surface area contributed by atoms with Crippen LogP contribution >= 0.6 is 0 Å². The number of rotatable bonds is 3. The number of fused-ring (bicyclic) bond motifs is 2. The van der Waals surface area contributed by atoms with Gasteiger partial charge in [-0.3, -0.25) is 4.98 Å². The van der Waals surface area contributed by atoms with Crippen molar-refractivity contribution in [2.45, 2.75) is 0 Å². The van der Waals surface area contributed by atoms with Crippen molar-refractivity contribution >= 4 is 34.6 Å². The number of nitrogens with zero attached hydrogens (tertiary/aromatic N) is 4. The third kappa shape index (κ3) is 2.87. The van der Waals surface area contributed by atoms with E-state index in [4.69, 9.17) is 0 Å². The summed E-state index contributed by atoms with van der Waals surface area (Å²) >= 11 is 0. The number of benzene rings is 1. The fourth-order valence-electron chi connectivity index (χ4n) is 3.21. The molecule has 6 nitrogen and oxygen atoms in total. The Kier molecular flexibility index (Phi) is 3.80. The molecule has 0 unspecified atom stereocenters. The molecule has 2 N–H and O–H groups in total. The van der Waals surface area contributed by atoms with Crippen molar-refractivity contribution in [1.29, 1.82) is 0 Å². The van der Waals surface area contributed by atoms with Crippen LogP contribution in [-0.4, -0.2) is 20.1 Å². The highest BCUT2D eigenvalue weighted by molar-refractivity contribution is 5.89. The smallest absolute Gasteiger partial charge is 0.198 e. The lowest BCUT2D eigenvalue weighted by molar-refractivity contribution is 0.457. The third-order valence-corrected chi connectivity index (χ3v) is 4.58. The normalized spacial score (nSPS) is 13.7. The molecule has 4 heterocycles. The van der Waals surface area contributed by atoms with Crippen molar-refractivity contribution in [2.75, 3.05) is 0 Å². The molecule has 0 saturated heterocycles. The van der Waals surface area contributed by atoms with Gasteiger partial charge in [0.25, 0.3) is 0 Å². The van der Waals surface area contributed by atoms with Gasteiger partial charge < -0.3 is 10.1 Å². The highest BCUT2D eigenvalue weighted by Gasteiger charge is 2.10. The van der Waals surface area contributed by atoms with Crippen molar-refractivity contribution in [3.05, 3.63) is 88.7 Å². The summed E-state index contributed by atoms with van der Waals surface area (Å²) < 4.78 is 0. The molecule has 4 aromatic rings. The molecule has 0 bridgehead atoms. The predicted molar refractivity (Wildman–Crippen MR) is 108 cm³/mol.